The molecule has 0 aromatic heterocycles. The Morgan fingerprint density at radius 1 is 0.516 bits per heavy atom. The molecule has 0 radical (unpaired) electrons. The zero-order valence-corrected chi connectivity index (χ0v) is 21.4. The number of esters is 2. The van der Waals surface area contributed by atoms with Gasteiger partial charge in [0.2, 0.25) is 0 Å². The summed E-state index contributed by atoms with van der Waals surface area (Å²) < 4.78 is 5.26. The van der Waals surface area contributed by atoms with E-state index in [9.17, 15) is 9.59 Å². The van der Waals surface area contributed by atoms with Crippen LogP contribution in [-0.2, 0) is 14.3 Å². The minimum Gasteiger partial charge on any atom is -0.393 e. The van der Waals surface area contributed by atoms with Gasteiger partial charge in [-0.3, -0.25) is 9.59 Å². The molecule has 0 aliphatic rings. The van der Waals surface area contributed by atoms with Crippen LogP contribution in [0.4, 0.5) is 0 Å². The number of hydrogen-bond donors (Lipinski definition) is 0. The van der Waals surface area contributed by atoms with Crippen molar-refractivity contribution in [2.45, 2.75) is 162 Å². The van der Waals surface area contributed by atoms with E-state index in [-0.39, 0.29) is 17.9 Å². The smallest absolute Gasteiger partial charge is 0.316 e. The maximum atomic E-state index is 12.6. The molecule has 0 amide bonds. The summed E-state index contributed by atoms with van der Waals surface area (Å²) in [5, 5.41) is 0. The molecule has 0 rings (SSSR count). The highest BCUT2D eigenvalue weighted by molar-refractivity contribution is 5.86. The highest BCUT2D eigenvalue weighted by Crippen LogP contribution is 2.21. The number of hydrogen-bond acceptors (Lipinski definition) is 3. The predicted octanol–water partition coefficient (Wildman–Crippen LogP) is 9.31. The molecular formula is C28H54O3. The quantitative estimate of drug-likeness (QED) is 0.0906. The fraction of sp³-hybridized carbons (Fsp3) is 0.929. The van der Waals surface area contributed by atoms with E-state index in [0.717, 1.165) is 38.5 Å². The molecule has 0 aliphatic carbocycles. The van der Waals surface area contributed by atoms with Crippen molar-refractivity contribution >= 4 is 11.9 Å². The summed E-state index contributed by atoms with van der Waals surface area (Å²) in [6, 6.07) is 0. The normalized spacial score (nSPS) is 12.1. The Morgan fingerprint density at radius 3 is 1.32 bits per heavy atom. The van der Waals surface area contributed by atoms with Crippen LogP contribution in [0.2, 0.25) is 0 Å². The van der Waals surface area contributed by atoms with Crippen molar-refractivity contribution in [2.24, 2.45) is 5.92 Å². The third-order valence-corrected chi connectivity index (χ3v) is 6.34. The molecule has 0 heterocycles. The van der Waals surface area contributed by atoms with Gasteiger partial charge >= 0.3 is 11.9 Å². The lowest BCUT2D eigenvalue weighted by Gasteiger charge is -2.15. The summed E-state index contributed by atoms with van der Waals surface area (Å²) in [6.45, 7) is 6.67. The van der Waals surface area contributed by atoms with E-state index in [1.807, 2.05) is 0 Å². The SMILES string of the molecule is CCCCCCCCCCCC(=O)OC(=O)C(CCCCCC)CCCCCCCC. The van der Waals surface area contributed by atoms with Gasteiger partial charge < -0.3 is 4.74 Å². The highest BCUT2D eigenvalue weighted by atomic mass is 16.6. The minimum atomic E-state index is -0.311. The maximum absolute atomic E-state index is 12.6. The molecule has 184 valence electrons. The first-order valence-corrected chi connectivity index (χ1v) is 13.9. The zero-order chi connectivity index (χ0) is 23.0. The van der Waals surface area contributed by atoms with E-state index in [2.05, 4.69) is 20.8 Å². The molecule has 0 aromatic rings. The number of unbranched alkanes of at least 4 members (excludes halogenated alkanes) is 16. The number of rotatable bonds is 23. The fourth-order valence-corrected chi connectivity index (χ4v) is 4.20. The van der Waals surface area contributed by atoms with Crippen molar-refractivity contribution in [1.29, 1.82) is 0 Å². The van der Waals surface area contributed by atoms with Crippen molar-refractivity contribution in [2.75, 3.05) is 0 Å². The van der Waals surface area contributed by atoms with Crippen LogP contribution in [0.15, 0.2) is 0 Å². The third kappa shape index (κ3) is 20.8. The molecule has 1 unspecified atom stereocenters. The Bertz CT molecular complexity index is 405. The van der Waals surface area contributed by atoms with Gasteiger partial charge in [-0.05, 0) is 19.3 Å². The summed E-state index contributed by atoms with van der Waals surface area (Å²) in [4.78, 5) is 24.7. The van der Waals surface area contributed by atoms with Crippen LogP contribution in [0.1, 0.15) is 162 Å². The van der Waals surface area contributed by atoms with Crippen molar-refractivity contribution in [3.8, 4) is 0 Å². The molecular weight excluding hydrogens is 384 g/mol. The van der Waals surface area contributed by atoms with Gasteiger partial charge in [0.25, 0.3) is 0 Å². The van der Waals surface area contributed by atoms with Gasteiger partial charge in [0.05, 0.1) is 5.92 Å². The Labute approximate surface area is 194 Å². The van der Waals surface area contributed by atoms with Crippen molar-refractivity contribution in [3.63, 3.8) is 0 Å². The average Bonchev–Trinajstić information content (AvgIpc) is 2.76. The first kappa shape index (κ1) is 30.1. The summed E-state index contributed by atoms with van der Waals surface area (Å²) in [6.07, 6.45) is 25.1. The van der Waals surface area contributed by atoms with Crippen LogP contribution in [0.25, 0.3) is 0 Å². The van der Waals surface area contributed by atoms with E-state index < -0.39 is 0 Å². The highest BCUT2D eigenvalue weighted by Gasteiger charge is 2.22. The Morgan fingerprint density at radius 2 is 0.871 bits per heavy atom. The van der Waals surface area contributed by atoms with Gasteiger partial charge in [0, 0.05) is 6.42 Å². The van der Waals surface area contributed by atoms with Gasteiger partial charge in [0.1, 0.15) is 0 Å². The summed E-state index contributed by atoms with van der Waals surface area (Å²) in [5.41, 5.74) is 0. The Balaban J connectivity index is 4.04. The van der Waals surface area contributed by atoms with Crippen LogP contribution in [-0.4, -0.2) is 11.9 Å². The van der Waals surface area contributed by atoms with Gasteiger partial charge in [-0.1, -0.05) is 136 Å². The largest absolute Gasteiger partial charge is 0.393 e. The minimum absolute atomic E-state index is 0.0879. The second-order valence-electron chi connectivity index (χ2n) is 9.47. The first-order chi connectivity index (χ1) is 15.2. The molecule has 0 saturated heterocycles. The van der Waals surface area contributed by atoms with Gasteiger partial charge in [-0.25, -0.2) is 0 Å². The summed E-state index contributed by atoms with van der Waals surface area (Å²) >= 11 is 0. The van der Waals surface area contributed by atoms with E-state index in [4.69, 9.17) is 4.74 Å². The van der Waals surface area contributed by atoms with E-state index in [0.29, 0.717) is 6.42 Å². The number of carbonyl (C=O) groups is 2. The van der Waals surface area contributed by atoms with Crippen LogP contribution in [0.3, 0.4) is 0 Å². The van der Waals surface area contributed by atoms with E-state index in [1.165, 1.54) is 96.3 Å². The monoisotopic (exact) mass is 438 g/mol. The average molecular weight is 439 g/mol. The number of carbonyl (C=O) groups excluding carboxylic acids is 2. The molecule has 0 N–H and O–H groups in total. The van der Waals surface area contributed by atoms with Gasteiger partial charge in [0.15, 0.2) is 0 Å². The number of ether oxygens (including phenoxy) is 1. The van der Waals surface area contributed by atoms with Gasteiger partial charge in [-0.2, -0.15) is 0 Å². The maximum Gasteiger partial charge on any atom is 0.316 e. The van der Waals surface area contributed by atoms with Crippen LogP contribution in [0.5, 0.6) is 0 Å². The molecule has 3 nitrogen and oxygen atoms in total. The van der Waals surface area contributed by atoms with Gasteiger partial charge in [-0.15, -0.1) is 0 Å². The molecule has 0 bridgehead atoms. The third-order valence-electron chi connectivity index (χ3n) is 6.34. The lowest BCUT2D eigenvalue weighted by Crippen LogP contribution is -2.21. The van der Waals surface area contributed by atoms with Crippen molar-refractivity contribution in [3.05, 3.63) is 0 Å². The standard InChI is InChI=1S/C28H54O3/c1-4-7-10-13-15-16-17-19-22-25-27(29)31-28(30)26(23-20-12-9-6-3)24-21-18-14-11-8-5-2/h26H,4-25H2,1-3H3. The van der Waals surface area contributed by atoms with Crippen molar-refractivity contribution < 1.29 is 14.3 Å². The molecule has 0 aliphatic heterocycles. The zero-order valence-electron chi connectivity index (χ0n) is 21.4. The molecule has 0 fully saturated rings. The van der Waals surface area contributed by atoms with Crippen LogP contribution >= 0.6 is 0 Å². The molecule has 0 spiro atoms. The molecule has 31 heavy (non-hydrogen) atoms. The van der Waals surface area contributed by atoms with Crippen molar-refractivity contribution in [1.82, 2.24) is 0 Å². The first-order valence-electron chi connectivity index (χ1n) is 13.9. The topological polar surface area (TPSA) is 43.4 Å². The Hall–Kier alpha value is -0.860. The summed E-state index contributed by atoms with van der Waals surface area (Å²) in [5.74, 6) is -0.657. The molecule has 0 saturated carbocycles. The Kier molecular flexibility index (Phi) is 23.1. The molecule has 0 aromatic carbocycles. The van der Waals surface area contributed by atoms with Crippen LogP contribution < -0.4 is 0 Å². The van der Waals surface area contributed by atoms with E-state index >= 15 is 0 Å². The second-order valence-corrected chi connectivity index (χ2v) is 9.47. The lowest BCUT2D eigenvalue weighted by atomic mass is 9.94. The van der Waals surface area contributed by atoms with Crippen LogP contribution in [0, 0.1) is 5.92 Å². The van der Waals surface area contributed by atoms with E-state index in [1.54, 1.807) is 0 Å². The summed E-state index contributed by atoms with van der Waals surface area (Å²) in [7, 11) is 0. The second kappa shape index (κ2) is 23.8. The fourth-order valence-electron chi connectivity index (χ4n) is 4.20. The molecule has 3 heteroatoms. The lowest BCUT2D eigenvalue weighted by molar-refractivity contribution is -0.163. The predicted molar refractivity (Wildman–Crippen MR) is 133 cm³/mol. The molecule has 1 atom stereocenters.